The Labute approximate surface area is 176 Å². The Balaban J connectivity index is 3.00. The van der Waals surface area contributed by atoms with Crippen LogP contribution >= 0.6 is 0 Å². The van der Waals surface area contributed by atoms with Crippen LogP contribution in [0, 0.1) is 11.8 Å². The lowest BCUT2D eigenvalue weighted by atomic mass is 9.76. The second-order valence-electron chi connectivity index (χ2n) is 9.66. The first-order valence-electron chi connectivity index (χ1n) is 12.3. The molecule has 0 aromatic rings. The van der Waals surface area contributed by atoms with Crippen molar-refractivity contribution in [1.29, 1.82) is 0 Å². The quantitative estimate of drug-likeness (QED) is 0.207. The lowest BCUT2D eigenvalue weighted by Gasteiger charge is -2.46. The summed E-state index contributed by atoms with van der Waals surface area (Å²) < 4.78 is 19.6. The smallest absolute Gasteiger partial charge is 0.286 e. The first kappa shape index (κ1) is 25.9. The van der Waals surface area contributed by atoms with E-state index in [1.54, 1.807) is 0 Å². The van der Waals surface area contributed by atoms with Gasteiger partial charge in [-0.1, -0.05) is 64.7 Å². The zero-order chi connectivity index (χ0) is 21.0. The van der Waals surface area contributed by atoms with Gasteiger partial charge in [0, 0.05) is 5.92 Å². The van der Waals surface area contributed by atoms with Crippen LogP contribution in [-0.4, -0.2) is 24.3 Å². The molecule has 0 heterocycles. The number of rotatable bonds is 15. The van der Waals surface area contributed by atoms with Crippen LogP contribution in [0.25, 0.3) is 0 Å². The van der Waals surface area contributed by atoms with Crippen LogP contribution in [0.2, 0.25) is 0 Å². The standard InChI is InChI=1S/C25H50O3/c1-8-9-10-11-12-16-19-24(23-17-14-13-15-18-23)25(26-20(2)3,27-21(4)5)28-22(6)7/h20-24H,8-19H2,1-7H3. The van der Waals surface area contributed by atoms with Gasteiger partial charge in [0.25, 0.3) is 5.97 Å². The fourth-order valence-corrected chi connectivity index (χ4v) is 4.71. The van der Waals surface area contributed by atoms with Crippen LogP contribution < -0.4 is 0 Å². The zero-order valence-electron chi connectivity index (χ0n) is 20.1. The van der Waals surface area contributed by atoms with Crippen LogP contribution in [0.1, 0.15) is 126 Å². The van der Waals surface area contributed by atoms with E-state index < -0.39 is 5.97 Å². The largest absolute Gasteiger partial charge is 0.324 e. The highest BCUT2D eigenvalue weighted by atomic mass is 16.9. The van der Waals surface area contributed by atoms with Gasteiger partial charge < -0.3 is 14.2 Å². The van der Waals surface area contributed by atoms with E-state index in [-0.39, 0.29) is 18.3 Å². The van der Waals surface area contributed by atoms with Gasteiger partial charge in [-0.15, -0.1) is 0 Å². The maximum absolute atomic E-state index is 6.53. The van der Waals surface area contributed by atoms with Crippen LogP contribution in [0.4, 0.5) is 0 Å². The van der Waals surface area contributed by atoms with Crippen molar-refractivity contribution in [2.75, 3.05) is 0 Å². The predicted octanol–water partition coefficient (Wildman–Crippen LogP) is 7.86. The number of hydrogen-bond donors (Lipinski definition) is 0. The van der Waals surface area contributed by atoms with Crippen molar-refractivity contribution in [1.82, 2.24) is 0 Å². The summed E-state index contributed by atoms with van der Waals surface area (Å²) in [6.07, 6.45) is 15.9. The molecule has 0 aliphatic heterocycles. The fraction of sp³-hybridized carbons (Fsp3) is 1.00. The van der Waals surface area contributed by atoms with Crippen LogP contribution in [0.3, 0.4) is 0 Å². The molecule has 1 fully saturated rings. The minimum Gasteiger partial charge on any atom is -0.324 e. The van der Waals surface area contributed by atoms with Crippen LogP contribution in [0.5, 0.6) is 0 Å². The van der Waals surface area contributed by atoms with Crippen LogP contribution in [-0.2, 0) is 14.2 Å². The molecule has 1 atom stereocenters. The third kappa shape index (κ3) is 9.59. The average molecular weight is 399 g/mol. The minimum absolute atomic E-state index is 0.0770. The molecule has 0 spiro atoms. The fourth-order valence-electron chi connectivity index (χ4n) is 4.71. The Bertz CT molecular complexity index is 345. The van der Waals surface area contributed by atoms with Crippen molar-refractivity contribution in [3.05, 3.63) is 0 Å². The second-order valence-corrected chi connectivity index (χ2v) is 9.66. The Kier molecular flexibility index (Phi) is 12.9. The summed E-state index contributed by atoms with van der Waals surface area (Å²) in [6, 6.07) is 0. The highest BCUT2D eigenvalue weighted by Crippen LogP contribution is 2.43. The lowest BCUT2D eigenvalue weighted by molar-refractivity contribution is -0.438. The number of unbranched alkanes of at least 4 members (excludes halogenated alkanes) is 5. The molecule has 0 aromatic carbocycles. The van der Waals surface area contributed by atoms with Gasteiger partial charge >= 0.3 is 0 Å². The van der Waals surface area contributed by atoms with Gasteiger partial charge in [-0.3, -0.25) is 0 Å². The topological polar surface area (TPSA) is 27.7 Å². The van der Waals surface area contributed by atoms with Gasteiger partial charge in [0.15, 0.2) is 0 Å². The highest BCUT2D eigenvalue weighted by Gasteiger charge is 2.48. The summed E-state index contributed by atoms with van der Waals surface area (Å²) in [6.45, 7) is 14.9. The first-order valence-corrected chi connectivity index (χ1v) is 12.3. The first-order chi connectivity index (χ1) is 13.3. The molecule has 1 unspecified atom stereocenters. The van der Waals surface area contributed by atoms with Gasteiger partial charge in [-0.2, -0.15) is 0 Å². The number of hydrogen-bond acceptors (Lipinski definition) is 3. The Hall–Kier alpha value is -0.120. The van der Waals surface area contributed by atoms with Crippen LogP contribution in [0.15, 0.2) is 0 Å². The van der Waals surface area contributed by atoms with E-state index in [0.717, 1.165) is 6.42 Å². The molecule has 3 nitrogen and oxygen atoms in total. The van der Waals surface area contributed by atoms with E-state index in [4.69, 9.17) is 14.2 Å². The Morgan fingerprint density at radius 3 is 1.61 bits per heavy atom. The predicted molar refractivity (Wildman–Crippen MR) is 119 cm³/mol. The molecule has 3 heteroatoms. The molecule has 1 saturated carbocycles. The molecular formula is C25H50O3. The SMILES string of the molecule is CCCCCCCCC(C1CCCCC1)C(OC(C)C)(OC(C)C)OC(C)C. The van der Waals surface area contributed by atoms with Gasteiger partial charge in [-0.05, 0) is 66.7 Å². The zero-order valence-corrected chi connectivity index (χ0v) is 20.1. The summed E-state index contributed by atoms with van der Waals surface area (Å²) in [5.74, 6) is 0.0360. The van der Waals surface area contributed by atoms with Gasteiger partial charge in [-0.25, -0.2) is 0 Å². The molecule has 168 valence electrons. The summed E-state index contributed by atoms with van der Waals surface area (Å²) >= 11 is 0. The Morgan fingerprint density at radius 2 is 1.14 bits per heavy atom. The van der Waals surface area contributed by atoms with Crippen molar-refractivity contribution < 1.29 is 14.2 Å². The second kappa shape index (κ2) is 14.0. The molecule has 0 N–H and O–H groups in total. The van der Waals surface area contributed by atoms with Crippen molar-refractivity contribution in [3.63, 3.8) is 0 Å². The van der Waals surface area contributed by atoms with Crippen molar-refractivity contribution in [2.45, 2.75) is 150 Å². The molecule has 0 saturated heterocycles. The van der Waals surface area contributed by atoms with E-state index in [2.05, 4.69) is 48.5 Å². The van der Waals surface area contributed by atoms with E-state index in [1.165, 1.54) is 70.6 Å². The van der Waals surface area contributed by atoms with E-state index in [9.17, 15) is 0 Å². The molecule has 1 aliphatic carbocycles. The van der Waals surface area contributed by atoms with Crippen molar-refractivity contribution in [3.8, 4) is 0 Å². The van der Waals surface area contributed by atoms with E-state index in [0.29, 0.717) is 11.8 Å². The summed E-state index contributed by atoms with van der Waals surface area (Å²) in [7, 11) is 0. The summed E-state index contributed by atoms with van der Waals surface area (Å²) in [5.41, 5.74) is 0. The third-order valence-corrected chi connectivity index (χ3v) is 5.74. The maximum atomic E-state index is 6.53. The van der Waals surface area contributed by atoms with Gasteiger partial charge in [0.2, 0.25) is 0 Å². The highest BCUT2D eigenvalue weighted by molar-refractivity contribution is 4.83. The molecular weight excluding hydrogens is 348 g/mol. The number of ether oxygens (including phenoxy) is 3. The lowest BCUT2D eigenvalue weighted by Crippen LogP contribution is -2.53. The maximum Gasteiger partial charge on any atom is 0.286 e. The normalized spacial score (nSPS) is 17.8. The molecule has 0 bridgehead atoms. The molecule has 0 aromatic heterocycles. The summed E-state index contributed by atoms with van der Waals surface area (Å²) in [5, 5.41) is 0. The molecule has 0 amide bonds. The summed E-state index contributed by atoms with van der Waals surface area (Å²) in [4.78, 5) is 0. The minimum atomic E-state index is -0.915. The Morgan fingerprint density at radius 1 is 0.679 bits per heavy atom. The monoisotopic (exact) mass is 398 g/mol. The molecule has 28 heavy (non-hydrogen) atoms. The van der Waals surface area contributed by atoms with E-state index in [1.807, 2.05) is 0 Å². The third-order valence-electron chi connectivity index (χ3n) is 5.74. The van der Waals surface area contributed by atoms with Gasteiger partial charge in [0.1, 0.15) is 0 Å². The molecule has 0 radical (unpaired) electrons. The van der Waals surface area contributed by atoms with E-state index >= 15 is 0 Å². The molecule has 1 rings (SSSR count). The van der Waals surface area contributed by atoms with Gasteiger partial charge in [0.05, 0.1) is 18.3 Å². The van der Waals surface area contributed by atoms with Crippen molar-refractivity contribution in [2.24, 2.45) is 11.8 Å². The molecule has 1 aliphatic rings. The average Bonchev–Trinajstić information content (AvgIpc) is 2.59. The van der Waals surface area contributed by atoms with Crippen molar-refractivity contribution >= 4 is 0 Å².